The summed E-state index contributed by atoms with van der Waals surface area (Å²) in [5.41, 5.74) is 5.63. The van der Waals surface area contributed by atoms with Crippen LogP contribution in [0.3, 0.4) is 0 Å². The molecule has 0 spiro atoms. The number of rotatable bonds is 2. The number of piperazine rings is 1. The van der Waals surface area contributed by atoms with Gasteiger partial charge >= 0.3 is 0 Å². The molecule has 102 valence electrons. The van der Waals surface area contributed by atoms with Gasteiger partial charge in [-0.25, -0.2) is 0 Å². The van der Waals surface area contributed by atoms with Gasteiger partial charge in [-0.3, -0.25) is 4.90 Å². The molecule has 3 heteroatoms. The summed E-state index contributed by atoms with van der Waals surface area (Å²) in [7, 11) is 2.16. The third-order valence-electron chi connectivity index (χ3n) is 4.21. The van der Waals surface area contributed by atoms with Crippen molar-refractivity contribution in [3.8, 4) is 0 Å². The van der Waals surface area contributed by atoms with Crippen LogP contribution in [0.5, 0.6) is 0 Å². The average Bonchev–Trinajstić information content (AvgIpc) is 2.73. The molecule has 1 aromatic heterocycles. The summed E-state index contributed by atoms with van der Waals surface area (Å²) in [5, 5.41) is 4.88. The molecule has 3 rings (SSSR count). The second-order valence-corrected chi connectivity index (χ2v) is 5.71. The van der Waals surface area contributed by atoms with Crippen LogP contribution in [0.15, 0.2) is 18.3 Å². The molecule has 1 saturated heterocycles. The van der Waals surface area contributed by atoms with Crippen molar-refractivity contribution in [1.82, 2.24) is 14.8 Å². The molecule has 0 radical (unpaired) electrons. The Morgan fingerprint density at radius 3 is 2.53 bits per heavy atom. The Balaban J connectivity index is 2.01. The summed E-state index contributed by atoms with van der Waals surface area (Å²) >= 11 is 0. The number of hydrogen-bond acceptors (Lipinski definition) is 2. The molecule has 1 aliphatic heterocycles. The summed E-state index contributed by atoms with van der Waals surface area (Å²) in [6, 6.07) is 4.48. The van der Waals surface area contributed by atoms with E-state index < -0.39 is 0 Å². The highest BCUT2D eigenvalue weighted by atomic mass is 15.2. The molecular weight excluding hydrogens is 234 g/mol. The number of hydrogen-bond donors (Lipinski definition) is 1. The van der Waals surface area contributed by atoms with Crippen LogP contribution >= 0.6 is 0 Å². The van der Waals surface area contributed by atoms with Crippen molar-refractivity contribution >= 4 is 10.9 Å². The van der Waals surface area contributed by atoms with Gasteiger partial charge in [0, 0.05) is 51.4 Å². The first kappa shape index (κ1) is 12.7. The van der Waals surface area contributed by atoms with Crippen LogP contribution in [0.1, 0.15) is 16.7 Å². The molecular formula is C16H23N3. The SMILES string of the molecule is Cc1ccc(C)c2c1c(CN1CCNCC1)cn2C. The van der Waals surface area contributed by atoms with Crippen LogP contribution in [0, 0.1) is 13.8 Å². The fourth-order valence-electron chi connectivity index (χ4n) is 3.25. The normalized spacial score (nSPS) is 17.2. The molecule has 3 nitrogen and oxygen atoms in total. The van der Waals surface area contributed by atoms with E-state index in [4.69, 9.17) is 0 Å². The quantitative estimate of drug-likeness (QED) is 0.890. The van der Waals surface area contributed by atoms with Crippen molar-refractivity contribution in [2.24, 2.45) is 7.05 Å². The Hall–Kier alpha value is -1.32. The van der Waals surface area contributed by atoms with Gasteiger partial charge in [-0.1, -0.05) is 12.1 Å². The van der Waals surface area contributed by atoms with E-state index in [9.17, 15) is 0 Å². The Morgan fingerprint density at radius 1 is 1.11 bits per heavy atom. The third kappa shape index (κ3) is 2.28. The highest BCUT2D eigenvalue weighted by Gasteiger charge is 2.15. The fourth-order valence-corrected chi connectivity index (χ4v) is 3.25. The Morgan fingerprint density at radius 2 is 1.79 bits per heavy atom. The van der Waals surface area contributed by atoms with Gasteiger partial charge in [0.2, 0.25) is 0 Å². The Kier molecular flexibility index (Phi) is 3.33. The molecule has 0 aliphatic carbocycles. The number of nitrogens with one attached hydrogen (secondary N) is 1. The van der Waals surface area contributed by atoms with Gasteiger partial charge in [-0.05, 0) is 30.5 Å². The zero-order valence-electron chi connectivity index (χ0n) is 12.2. The molecule has 0 amide bonds. The number of aromatic nitrogens is 1. The molecule has 2 heterocycles. The van der Waals surface area contributed by atoms with Crippen molar-refractivity contribution in [3.63, 3.8) is 0 Å². The molecule has 19 heavy (non-hydrogen) atoms. The third-order valence-corrected chi connectivity index (χ3v) is 4.21. The fraction of sp³-hybridized carbons (Fsp3) is 0.500. The summed E-state index contributed by atoms with van der Waals surface area (Å²) < 4.78 is 2.29. The predicted molar refractivity (Wildman–Crippen MR) is 80.5 cm³/mol. The van der Waals surface area contributed by atoms with Gasteiger partial charge in [0.05, 0.1) is 5.52 Å². The monoisotopic (exact) mass is 257 g/mol. The van der Waals surface area contributed by atoms with E-state index in [0.29, 0.717) is 0 Å². The van der Waals surface area contributed by atoms with Crippen molar-refractivity contribution in [2.45, 2.75) is 20.4 Å². The molecule has 2 aromatic rings. The number of benzene rings is 1. The molecule has 1 aliphatic rings. The van der Waals surface area contributed by atoms with Gasteiger partial charge in [0.15, 0.2) is 0 Å². The molecule has 1 fully saturated rings. The predicted octanol–water partition coefficient (Wildman–Crippen LogP) is 2.20. The minimum absolute atomic E-state index is 1.07. The van der Waals surface area contributed by atoms with Crippen molar-refractivity contribution in [1.29, 1.82) is 0 Å². The molecule has 0 bridgehead atoms. The Bertz CT molecular complexity index is 592. The first-order chi connectivity index (χ1) is 9.16. The second kappa shape index (κ2) is 4.99. The zero-order chi connectivity index (χ0) is 13.4. The van der Waals surface area contributed by atoms with E-state index in [1.54, 1.807) is 0 Å². The van der Waals surface area contributed by atoms with E-state index >= 15 is 0 Å². The van der Waals surface area contributed by atoms with E-state index in [1.807, 2.05) is 0 Å². The number of nitrogens with zero attached hydrogens (tertiary/aromatic N) is 2. The van der Waals surface area contributed by atoms with Gasteiger partial charge in [0.25, 0.3) is 0 Å². The lowest BCUT2D eigenvalue weighted by Gasteiger charge is -2.27. The van der Waals surface area contributed by atoms with E-state index in [0.717, 1.165) is 32.7 Å². The van der Waals surface area contributed by atoms with Gasteiger partial charge in [-0.2, -0.15) is 0 Å². The highest BCUT2D eigenvalue weighted by Crippen LogP contribution is 2.28. The second-order valence-electron chi connectivity index (χ2n) is 5.71. The maximum Gasteiger partial charge on any atom is 0.0513 e. The summed E-state index contributed by atoms with van der Waals surface area (Å²) in [4.78, 5) is 2.55. The first-order valence-electron chi connectivity index (χ1n) is 7.14. The topological polar surface area (TPSA) is 20.2 Å². The summed E-state index contributed by atoms with van der Waals surface area (Å²) in [5.74, 6) is 0. The van der Waals surface area contributed by atoms with Crippen LogP contribution < -0.4 is 5.32 Å². The van der Waals surface area contributed by atoms with Crippen LogP contribution in [0.4, 0.5) is 0 Å². The van der Waals surface area contributed by atoms with Gasteiger partial charge in [-0.15, -0.1) is 0 Å². The number of aryl methyl sites for hydroxylation is 3. The lowest BCUT2D eigenvalue weighted by atomic mass is 10.0. The van der Waals surface area contributed by atoms with E-state index in [1.165, 1.54) is 27.6 Å². The lowest BCUT2D eigenvalue weighted by molar-refractivity contribution is 0.234. The molecule has 1 N–H and O–H groups in total. The zero-order valence-corrected chi connectivity index (χ0v) is 12.2. The van der Waals surface area contributed by atoms with Crippen LogP contribution in [-0.4, -0.2) is 35.6 Å². The van der Waals surface area contributed by atoms with Crippen molar-refractivity contribution in [3.05, 3.63) is 35.0 Å². The smallest absolute Gasteiger partial charge is 0.0513 e. The van der Waals surface area contributed by atoms with Crippen LogP contribution in [-0.2, 0) is 13.6 Å². The highest BCUT2D eigenvalue weighted by molar-refractivity contribution is 5.89. The molecule has 0 saturated carbocycles. The standard InChI is InChI=1S/C16H23N3/c1-12-4-5-13(2)16-15(12)14(10-18(16)3)11-19-8-6-17-7-9-19/h4-5,10,17H,6-9,11H2,1-3H3. The van der Waals surface area contributed by atoms with Gasteiger partial charge in [0.1, 0.15) is 0 Å². The molecule has 1 aromatic carbocycles. The van der Waals surface area contributed by atoms with Crippen LogP contribution in [0.2, 0.25) is 0 Å². The van der Waals surface area contributed by atoms with Crippen molar-refractivity contribution < 1.29 is 0 Å². The minimum Gasteiger partial charge on any atom is -0.350 e. The maximum atomic E-state index is 3.42. The van der Waals surface area contributed by atoms with Crippen molar-refractivity contribution in [2.75, 3.05) is 26.2 Å². The molecule has 0 atom stereocenters. The molecule has 0 unspecified atom stereocenters. The van der Waals surface area contributed by atoms with Gasteiger partial charge < -0.3 is 9.88 Å². The maximum absolute atomic E-state index is 3.42. The Labute approximate surface area is 115 Å². The lowest BCUT2D eigenvalue weighted by Crippen LogP contribution is -2.42. The first-order valence-corrected chi connectivity index (χ1v) is 7.14. The largest absolute Gasteiger partial charge is 0.350 e. The average molecular weight is 257 g/mol. The summed E-state index contributed by atoms with van der Waals surface area (Å²) in [6.45, 7) is 10.0. The summed E-state index contributed by atoms with van der Waals surface area (Å²) in [6.07, 6.45) is 2.31. The van der Waals surface area contributed by atoms with E-state index in [-0.39, 0.29) is 0 Å². The number of fused-ring (bicyclic) bond motifs is 1. The minimum atomic E-state index is 1.07. The van der Waals surface area contributed by atoms with Crippen LogP contribution in [0.25, 0.3) is 10.9 Å². The van der Waals surface area contributed by atoms with E-state index in [2.05, 4.69) is 54.0 Å².